The first-order chi connectivity index (χ1) is 10.7. The number of fused-ring (bicyclic) bond motifs is 1. The maximum atomic E-state index is 5.41. The largest absolute Gasteiger partial charge is 0.481 e. The van der Waals surface area contributed by atoms with Gasteiger partial charge in [0, 0.05) is 28.2 Å². The Hall–Kier alpha value is -2.55. The molecule has 0 aliphatic heterocycles. The van der Waals surface area contributed by atoms with Crippen molar-refractivity contribution >= 4 is 16.5 Å². The quantitative estimate of drug-likeness (QED) is 0.755. The van der Waals surface area contributed by atoms with Crippen LogP contribution in [0.1, 0.15) is 24.2 Å². The highest BCUT2D eigenvalue weighted by Crippen LogP contribution is 2.32. The second-order valence-electron chi connectivity index (χ2n) is 5.45. The molecule has 1 N–H and O–H groups in total. The number of ether oxygens (including phenoxy) is 1. The van der Waals surface area contributed by atoms with E-state index in [9.17, 15) is 0 Å². The molecule has 112 valence electrons. The summed E-state index contributed by atoms with van der Waals surface area (Å²) in [7, 11) is 1.66. The van der Waals surface area contributed by atoms with Gasteiger partial charge in [-0.05, 0) is 37.6 Å². The van der Waals surface area contributed by atoms with Crippen molar-refractivity contribution in [2.45, 2.75) is 19.9 Å². The molecule has 0 radical (unpaired) electrons. The molecule has 0 aliphatic carbocycles. The fourth-order valence-electron chi connectivity index (χ4n) is 2.71. The van der Waals surface area contributed by atoms with Crippen molar-refractivity contribution in [3.8, 4) is 5.88 Å². The van der Waals surface area contributed by atoms with E-state index in [1.54, 1.807) is 7.11 Å². The molecule has 2 aromatic carbocycles. The van der Waals surface area contributed by atoms with Crippen LogP contribution in [0.4, 0.5) is 5.69 Å². The third kappa shape index (κ3) is 2.75. The lowest BCUT2D eigenvalue weighted by atomic mass is 10.1. The van der Waals surface area contributed by atoms with Crippen LogP contribution in [0.2, 0.25) is 0 Å². The fourth-order valence-corrected chi connectivity index (χ4v) is 2.71. The van der Waals surface area contributed by atoms with Gasteiger partial charge in [-0.15, -0.1) is 0 Å². The molecular weight excluding hydrogens is 272 g/mol. The molecular formula is C19H20N2O. The Balaban J connectivity index is 2.02. The van der Waals surface area contributed by atoms with E-state index in [4.69, 9.17) is 4.74 Å². The summed E-state index contributed by atoms with van der Waals surface area (Å²) in [6.45, 7) is 4.15. The van der Waals surface area contributed by atoms with Gasteiger partial charge in [0.15, 0.2) is 0 Å². The minimum absolute atomic E-state index is 0.228. The predicted octanol–water partition coefficient (Wildman–Crippen LogP) is 4.72. The van der Waals surface area contributed by atoms with Gasteiger partial charge in [-0.2, -0.15) is 0 Å². The maximum absolute atomic E-state index is 5.41. The lowest BCUT2D eigenvalue weighted by Crippen LogP contribution is -2.07. The molecule has 0 spiro atoms. The zero-order valence-electron chi connectivity index (χ0n) is 13.1. The molecule has 3 nitrogen and oxygen atoms in total. The molecule has 1 unspecified atom stereocenters. The monoisotopic (exact) mass is 292 g/mol. The number of pyridine rings is 1. The SMILES string of the molecule is COc1nc(C)cc2c(NC(C)c3ccccc3)cccc12. The van der Waals surface area contributed by atoms with Gasteiger partial charge in [-0.1, -0.05) is 36.4 Å². The molecule has 0 saturated carbocycles. The van der Waals surface area contributed by atoms with E-state index in [0.717, 1.165) is 22.2 Å². The number of hydrogen-bond donors (Lipinski definition) is 1. The van der Waals surface area contributed by atoms with Crippen LogP contribution in [0, 0.1) is 6.92 Å². The van der Waals surface area contributed by atoms with Gasteiger partial charge < -0.3 is 10.1 Å². The lowest BCUT2D eigenvalue weighted by Gasteiger charge is -2.18. The molecule has 1 heterocycles. The third-order valence-electron chi connectivity index (χ3n) is 3.83. The van der Waals surface area contributed by atoms with Crippen LogP contribution in [0.25, 0.3) is 10.8 Å². The molecule has 3 heteroatoms. The first-order valence-corrected chi connectivity index (χ1v) is 7.45. The van der Waals surface area contributed by atoms with Gasteiger partial charge in [-0.3, -0.25) is 0 Å². The molecule has 1 atom stereocenters. The van der Waals surface area contributed by atoms with E-state index in [1.165, 1.54) is 5.56 Å². The van der Waals surface area contributed by atoms with Crippen LogP contribution in [-0.4, -0.2) is 12.1 Å². The summed E-state index contributed by atoms with van der Waals surface area (Å²) in [5.41, 5.74) is 3.31. The molecule has 0 amide bonds. The van der Waals surface area contributed by atoms with E-state index in [0.29, 0.717) is 5.88 Å². The van der Waals surface area contributed by atoms with Crippen LogP contribution in [0.15, 0.2) is 54.6 Å². The number of methoxy groups -OCH3 is 1. The minimum Gasteiger partial charge on any atom is -0.481 e. The summed E-state index contributed by atoms with van der Waals surface area (Å²) in [5.74, 6) is 0.672. The second kappa shape index (κ2) is 6.06. The van der Waals surface area contributed by atoms with Gasteiger partial charge in [0.1, 0.15) is 0 Å². The van der Waals surface area contributed by atoms with E-state index in [2.05, 4.69) is 53.6 Å². The summed E-state index contributed by atoms with van der Waals surface area (Å²) in [5, 5.41) is 5.76. The van der Waals surface area contributed by atoms with Crippen molar-refractivity contribution in [1.82, 2.24) is 4.98 Å². The number of aromatic nitrogens is 1. The molecule has 0 fully saturated rings. The summed E-state index contributed by atoms with van der Waals surface area (Å²) >= 11 is 0. The zero-order chi connectivity index (χ0) is 15.5. The Kier molecular flexibility index (Phi) is 3.96. The molecule has 3 rings (SSSR count). The Morgan fingerprint density at radius 3 is 2.50 bits per heavy atom. The van der Waals surface area contributed by atoms with Crippen LogP contribution < -0.4 is 10.1 Å². The number of nitrogens with zero attached hydrogens (tertiary/aromatic N) is 1. The van der Waals surface area contributed by atoms with E-state index in [-0.39, 0.29) is 6.04 Å². The molecule has 0 saturated heterocycles. The van der Waals surface area contributed by atoms with Gasteiger partial charge in [0.2, 0.25) is 5.88 Å². The van der Waals surface area contributed by atoms with Gasteiger partial charge in [0.25, 0.3) is 0 Å². The normalized spacial score (nSPS) is 12.1. The summed E-state index contributed by atoms with van der Waals surface area (Å²) < 4.78 is 5.41. The van der Waals surface area contributed by atoms with Crippen LogP contribution in [0.5, 0.6) is 5.88 Å². The number of nitrogens with one attached hydrogen (secondary N) is 1. The fraction of sp³-hybridized carbons (Fsp3) is 0.211. The Labute approximate surface area is 131 Å². The third-order valence-corrected chi connectivity index (χ3v) is 3.83. The Morgan fingerprint density at radius 1 is 1.00 bits per heavy atom. The number of anilines is 1. The minimum atomic E-state index is 0.228. The highest BCUT2D eigenvalue weighted by atomic mass is 16.5. The van der Waals surface area contributed by atoms with Crippen LogP contribution in [-0.2, 0) is 0 Å². The molecule has 1 aromatic heterocycles. The van der Waals surface area contributed by atoms with Crippen molar-refractivity contribution in [3.05, 3.63) is 65.9 Å². The molecule has 0 aliphatic rings. The predicted molar refractivity (Wildman–Crippen MR) is 91.5 cm³/mol. The van der Waals surface area contributed by atoms with Crippen molar-refractivity contribution in [1.29, 1.82) is 0 Å². The highest BCUT2D eigenvalue weighted by molar-refractivity contribution is 5.97. The first-order valence-electron chi connectivity index (χ1n) is 7.45. The van der Waals surface area contributed by atoms with Gasteiger partial charge >= 0.3 is 0 Å². The first kappa shape index (κ1) is 14.4. The smallest absolute Gasteiger partial charge is 0.221 e. The Morgan fingerprint density at radius 2 is 1.77 bits per heavy atom. The molecule has 0 bridgehead atoms. The Bertz CT molecular complexity index is 784. The number of benzene rings is 2. The van der Waals surface area contributed by atoms with Gasteiger partial charge in [-0.25, -0.2) is 4.98 Å². The number of aryl methyl sites for hydroxylation is 1. The van der Waals surface area contributed by atoms with Crippen LogP contribution >= 0.6 is 0 Å². The van der Waals surface area contributed by atoms with Crippen molar-refractivity contribution in [3.63, 3.8) is 0 Å². The van der Waals surface area contributed by atoms with E-state index in [1.807, 2.05) is 25.1 Å². The van der Waals surface area contributed by atoms with Crippen molar-refractivity contribution in [2.24, 2.45) is 0 Å². The number of rotatable bonds is 4. The zero-order valence-corrected chi connectivity index (χ0v) is 13.1. The maximum Gasteiger partial charge on any atom is 0.221 e. The summed E-state index contributed by atoms with van der Waals surface area (Å²) in [4.78, 5) is 4.45. The average Bonchev–Trinajstić information content (AvgIpc) is 2.55. The van der Waals surface area contributed by atoms with E-state index < -0.39 is 0 Å². The molecule has 3 aromatic rings. The van der Waals surface area contributed by atoms with E-state index >= 15 is 0 Å². The van der Waals surface area contributed by atoms with Crippen molar-refractivity contribution < 1.29 is 4.74 Å². The standard InChI is InChI=1S/C19H20N2O/c1-13-12-17-16(19(20-13)22-3)10-7-11-18(17)21-14(2)15-8-5-4-6-9-15/h4-12,14,21H,1-3H3. The summed E-state index contributed by atoms with van der Waals surface area (Å²) in [6.07, 6.45) is 0. The van der Waals surface area contributed by atoms with Crippen LogP contribution in [0.3, 0.4) is 0 Å². The summed E-state index contributed by atoms with van der Waals surface area (Å²) in [6, 6.07) is 18.9. The second-order valence-corrected chi connectivity index (χ2v) is 5.45. The molecule has 22 heavy (non-hydrogen) atoms. The number of hydrogen-bond acceptors (Lipinski definition) is 3. The topological polar surface area (TPSA) is 34.1 Å². The van der Waals surface area contributed by atoms with Gasteiger partial charge in [0.05, 0.1) is 7.11 Å². The average molecular weight is 292 g/mol. The highest BCUT2D eigenvalue weighted by Gasteiger charge is 2.11. The van der Waals surface area contributed by atoms with Crippen molar-refractivity contribution in [2.75, 3.05) is 12.4 Å². The lowest BCUT2D eigenvalue weighted by molar-refractivity contribution is 0.402.